The van der Waals surface area contributed by atoms with Crippen LogP contribution >= 0.6 is 0 Å². The molecule has 0 unspecified atom stereocenters. The average molecular weight is 337 g/mol. The number of likely N-dealkylation sites (tertiary alicyclic amines) is 1. The molecule has 0 spiro atoms. The lowest BCUT2D eigenvalue weighted by Crippen LogP contribution is -2.30. The molecule has 2 aromatic rings. The van der Waals surface area contributed by atoms with E-state index in [0.717, 1.165) is 43.0 Å². The summed E-state index contributed by atoms with van der Waals surface area (Å²) in [5.41, 5.74) is 5.12. The molecule has 0 aromatic heterocycles. The van der Waals surface area contributed by atoms with E-state index in [0.29, 0.717) is 5.92 Å². The van der Waals surface area contributed by atoms with Crippen LogP contribution in [0.4, 0.5) is 11.4 Å². The van der Waals surface area contributed by atoms with E-state index in [1.54, 1.807) is 0 Å². The summed E-state index contributed by atoms with van der Waals surface area (Å²) in [5, 5.41) is 6.68. The summed E-state index contributed by atoms with van der Waals surface area (Å²) in [6, 6.07) is 14.0. The summed E-state index contributed by atoms with van der Waals surface area (Å²) < 4.78 is 0. The monoisotopic (exact) mass is 337 g/mol. The van der Waals surface area contributed by atoms with Crippen molar-refractivity contribution < 1.29 is 4.79 Å². The van der Waals surface area contributed by atoms with Gasteiger partial charge in [-0.15, -0.1) is 0 Å². The highest BCUT2D eigenvalue weighted by molar-refractivity contribution is 6.00. The Balaban J connectivity index is 1.81. The van der Waals surface area contributed by atoms with Gasteiger partial charge in [0.1, 0.15) is 0 Å². The Hall–Kier alpha value is -2.33. The quantitative estimate of drug-likeness (QED) is 0.874. The van der Waals surface area contributed by atoms with Crippen molar-refractivity contribution in [1.82, 2.24) is 10.2 Å². The second kappa shape index (κ2) is 7.70. The molecule has 0 aliphatic carbocycles. The van der Waals surface area contributed by atoms with Crippen molar-refractivity contribution in [3.8, 4) is 0 Å². The maximum Gasteiger partial charge on any atom is 0.255 e. The molecule has 4 heteroatoms. The first kappa shape index (κ1) is 17.5. The predicted molar refractivity (Wildman–Crippen MR) is 104 cm³/mol. The Bertz CT molecular complexity index is 757. The fourth-order valence-corrected chi connectivity index (χ4v) is 3.45. The number of carbonyl (C=O) groups excluding carboxylic acids is 1. The van der Waals surface area contributed by atoms with Gasteiger partial charge in [-0.3, -0.25) is 4.79 Å². The highest BCUT2D eigenvalue weighted by Gasteiger charge is 2.27. The molecule has 25 heavy (non-hydrogen) atoms. The Morgan fingerprint density at radius 3 is 2.68 bits per heavy atom. The lowest BCUT2D eigenvalue weighted by molar-refractivity contribution is 0.0788. The van der Waals surface area contributed by atoms with Gasteiger partial charge in [0.25, 0.3) is 5.91 Å². The molecule has 0 radical (unpaired) electrons. The van der Waals surface area contributed by atoms with Gasteiger partial charge in [0.15, 0.2) is 0 Å². The second-order valence-electron chi connectivity index (χ2n) is 6.88. The number of rotatable bonds is 5. The molecular formula is C21H27N3O. The molecule has 1 fully saturated rings. The van der Waals surface area contributed by atoms with Gasteiger partial charge < -0.3 is 15.5 Å². The second-order valence-corrected chi connectivity index (χ2v) is 6.88. The topological polar surface area (TPSA) is 44.4 Å². The van der Waals surface area contributed by atoms with Gasteiger partial charge in [0, 0.05) is 18.8 Å². The van der Waals surface area contributed by atoms with Gasteiger partial charge in [0.2, 0.25) is 0 Å². The molecule has 4 nitrogen and oxygen atoms in total. The summed E-state index contributed by atoms with van der Waals surface area (Å²) in [6.45, 7) is 6.83. The predicted octanol–water partition coefficient (Wildman–Crippen LogP) is 3.73. The lowest BCUT2D eigenvalue weighted by Gasteiger charge is -2.20. The molecule has 1 aliphatic heterocycles. The SMILES string of the molecule is CNC[C@H]1CCN(C(=O)c2ccccc2Nc2cccc(C)c2C)C1. The molecule has 3 rings (SSSR count). The third-order valence-corrected chi connectivity index (χ3v) is 5.10. The summed E-state index contributed by atoms with van der Waals surface area (Å²) >= 11 is 0. The summed E-state index contributed by atoms with van der Waals surface area (Å²) in [4.78, 5) is 15.0. The number of anilines is 2. The molecule has 1 aliphatic rings. The number of nitrogens with zero attached hydrogens (tertiary/aromatic N) is 1. The van der Waals surface area contributed by atoms with Crippen LogP contribution in [0.25, 0.3) is 0 Å². The molecule has 2 aromatic carbocycles. The Kier molecular flexibility index (Phi) is 5.39. The summed E-state index contributed by atoms with van der Waals surface area (Å²) in [5.74, 6) is 0.667. The van der Waals surface area contributed by atoms with Crippen LogP contribution in [0.1, 0.15) is 27.9 Å². The smallest absolute Gasteiger partial charge is 0.255 e. The number of aryl methyl sites for hydroxylation is 1. The number of hydrogen-bond acceptors (Lipinski definition) is 3. The number of amides is 1. The molecular weight excluding hydrogens is 310 g/mol. The molecule has 1 heterocycles. The Morgan fingerprint density at radius 1 is 1.12 bits per heavy atom. The summed E-state index contributed by atoms with van der Waals surface area (Å²) in [6.07, 6.45) is 1.07. The zero-order valence-corrected chi connectivity index (χ0v) is 15.3. The normalized spacial score (nSPS) is 16.9. The van der Waals surface area contributed by atoms with Crippen LogP contribution in [0.3, 0.4) is 0 Å². The maximum absolute atomic E-state index is 13.0. The van der Waals surface area contributed by atoms with Crippen molar-refractivity contribution in [2.45, 2.75) is 20.3 Å². The standard InChI is InChI=1S/C21H27N3O/c1-15-7-6-10-19(16(15)2)23-20-9-5-4-8-18(20)21(25)24-12-11-17(14-24)13-22-3/h4-10,17,22-23H,11-14H2,1-3H3/t17-/m1/s1. The van der Waals surface area contributed by atoms with Gasteiger partial charge in [-0.1, -0.05) is 24.3 Å². The van der Waals surface area contributed by atoms with Crippen LogP contribution in [0.15, 0.2) is 42.5 Å². The largest absolute Gasteiger partial charge is 0.355 e. The van der Waals surface area contributed by atoms with Crippen molar-refractivity contribution in [2.75, 3.05) is 32.0 Å². The molecule has 0 bridgehead atoms. The van der Waals surface area contributed by atoms with Gasteiger partial charge in [-0.2, -0.15) is 0 Å². The highest BCUT2D eigenvalue weighted by atomic mass is 16.2. The minimum absolute atomic E-state index is 0.118. The lowest BCUT2D eigenvalue weighted by atomic mass is 10.1. The Morgan fingerprint density at radius 2 is 1.88 bits per heavy atom. The zero-order chi connectivity index (χ0) is 17.8. The van der Waals surface area contributed by atoms with Crippen molar-refractivity contribution >= 4 is 17.3 Å². The first-order valence-corrected chi connectivity index (χ1v) is 8.96. The number of carbonyl (C=O) groups is 1. The van der Waals surface area contributed by atoms with Crippen LogP contribution in [0, 0.1) is 19.8 Å². The average Bonchev–Trinajstić information content (AvgIpc) is 3.08. The van der Waals surface area contributed by atoms with E-state index in [2.05, 4.69) is 36.6 Å². The van der Waals surface area contributed by atoms with Crippen molar-refractivity contribution in [2.24, 2.45) is 5.92 Å². The van der Waals surface area contributed by atoms with E-state index in [9.17, 15) is 4.79 Å². The van der Waals surface area contributed by atoms with E-state index < -0.39 is 0 Å². The van der Waals surface area contributed by atoms with Crippen LogP contribution in [-0.2, 0) is 0 Å². The van der Waals surface area contributed by atoms with Crippen molar-refractivity contribution in [3.63, 3.8) is 0 Å². The van der Waals surface area contributed by atoms with Crippen LogP contribution in [-0.4, -0.2) is 37.5 Å². The Labute approximate surface area is 150 Å². The van der Waals surface area contributed by atoms with Crippen molar-refractivity contribution in [1.29, 1.82) is 0 Å². The van der Waals surface area contributed by atoms with Gasteiger partial charge in [0.05, 0.1) is 11.3 Å². The van der Waals surface area contributed by atoms with Gasteiger partial charge in [-0.05, 0) is 69.1 Å². The van der Waals surface area contributed by atoms with Crippen LogP contribution < -0.4 is 10.6 Å². The third-order valence-electron chi connectivity index (χ3n) is 5.10. The molecule has 0 saturated carbocycles. The number of para-hydroxylation sites is 1. The van der Waals surface area contributed by atoms with Gasteiger partial charge >= 0.3 is 0 Å². The fraction of sp³-hybridized carbons (Fsp3) is 0.381. The first-order chi connectivity index (χ1) is 12.1. The zero-order valence-electron chi connectivity index (χ0n) is 15.3. The minimum atomic E-state index is 0.118. The number of benzene rings is 2. The van der Waals surface area contributed by atoms with Crippen LogP contribution in [0.2, 0.25) is 0 Å². The minimum Gasteiger partial charge on any atom is -0.355 e. The molecule has 132 valence electrons. The first-order valence-electron chi connectivity index (χ1n) is 8.96. The number of hydrogen-bond donors (Lipinski definition) is 2. The fourth-order valence-electron chi connectivity index (χ4n) is 3.45. The maximum atomic E-state index is 13.0. The molecule has 1 saturated heterocycles. The third kappa shape index (κ3) is 3.85. The van der Waals surface area contributed by atoms with Crippen molar-refractivity contribution in [3.05, 3.63) is 59.2 Å². The molecule has 1 amide bonds. The van der Waals surface area contributed by atoms with E-state index in [1.807, 2.05) is 42.3 Å². The number of nitrogens with one attached hydrogen (secondary N) is 2. The van der Waals surface area contributed by atoms with E-state index in [-0.39, 0.29) is 5.91 Å². The van der Waals surface area contributed by atoms with Gasteiger partial charge in [-0.25, -0.2) is 0 Å². The highest BCUT2D eigenvalue weighted by Crippen LogP contribution is 2.27. The molecule has 2 N–H and O–H groups in total. The van der Waals surface area contributed by atoms with E-state index >= 15 is 0 Å². The van der Waals surface area contributed by atoms with E-state index in [1.165, 1.54) is 11.1 Å². The van der Waals surface area contributed by atoms with Crippen LogP contribution in [0.5, 0.6) is 0 Å². The summed E-state index contributed by atoms with van der Waals surface area (Å²) in [7, 11) is 1.97. The van der Waals surface area contributed by atoms with E-state index in [4.69, 9.17) is 0 Å². The molecule has 1 atom stereocenters.